The number of nitrogens with zero attached hydrogens (tertiary/aromatic N) is 6. The lowest BCUT2D eigenvalue weighted by atomic mass is 10.1. The van der Waals surface area contributed by atoms with E-state index in [0.29, 0.717) is 17.9 Å². The van der Waals surface area contributed by atoms with E-state index in [9.17, 15) is 0 Å². The Kier molecular flexibility index (Phi) is 5.98. The molecule has 4 heterocycles. The molecule has 3 N–H and O–H groups in total. The largest absolute Gasteiger partial charge is 0.459 e. The molecule has 160 valence electrons. The molecule has 0 spiro atoms. The molecule has 3 aromatic heterocycles. The Labute approximate surface area is 176 Å². The first-order valence-corrected chi connectivity index (χ1v) is 10.6. The molecule has 0 saturated carbocycles. The van der Waals surface area contributed by atoms with Crippen LogP contribution in [0.1, 0.15) is 43.5 Å². The number of nitrogen functional groups attached to an aromatic ring is 1. The van der Waals surface area contributed by atoms with Gasteiger partial charge < -0.3 is 20.7 Å². The maximum atomic E-state index is 6.10. The highest BCUT2D eigenvalue weighted by molar-refractivity contribution is 5.60. The monoisotopic (exact) mass is 410 g/mol. The first kappa shape index (κ1) is 20.3. The lowest BCUT2D eigenvalue weighted by molar-refractivity contribution is 0.189. The molecular weight excluding hydrogens is 380 g/mol. The van der Waals surface area contributed by atoms with Gasteiger partial charge in [-0.1, -0.05) is 19.4 Å². The molecule has 0 radical (unpaired) electrons. The molecule has 0 aromatic carbocycles. The molecule has 1 fully saturated rings. The molecule has 3 aromatic rings. The predicted octanol–water partition coefficient (Wildman–Crippen LogP) is 1.98. The number of nitrogens with one attached hydrogen (secondary N) is 1. The summed E-state index contributed by atoms with van der Waals surface area (Å²) in [6, 6.07) is 2.47. The Hall–Kier alpha value is -2.94. The summed E-state index contributed by atoms with van der Waals surface area (Å²) in [5.74, 6) is 1.38. The first-order chi connectivity index (χ1) is 14.5. The van der Waals surface area contributed by atoms with Gasteiger partial charge in [0.05, 0.1) is 18.0 Å². The molecule has 4 rings (SSSR count). The van der Waals surface area contributed by atoms with E-state index in [0.717, 1.165) is 56.1 Å². The molecule has 9 nitrogen and oxygen atoms in total. The van der Waals surface area contributed by atoms with Crippen LogP contribution in [0.4, 0.5) is 11.6 Å². The molecule has 1 aliphatic heterocycles. The maximum Gasteiger partial charge on any atom is 0.336 e. The maximum absolute atomic E-state index is 6.10. The van der Waals surface area contributed by atoms with Crippen LogP contribution in [0.3, 0.4) is 0 Å². The summed E-state index contributed by atoms with van der Waals surface area (Å²) in [5.41, 5.74) is 9.85. The minimum Gasteiger partial charge on any atom is -0.459 e. The predicted molar refractivity (Wildman–Crippen MR) is 117 cm³/mol. The van der Waals surface area contributed by atoms with E-state index in [1.807, 2.05) is 13.1 Å². The third kappa shape index (κ3) is 4.30. The summed E-state index contributed by atoms with van der Waals surface area (Å²) in [4.78, 5) is 15.7. The van der Waals surface area contributed by atoms with Gasteiger partial charge in [0.15, 0.2) is 11.5 Å². The summed E-state index contributed by atoms with van der Waals surface area (Å²) in [6.45, 7) is 10.2. The van der Waals surface area contributed by atoms with Gasteiger partial charge in [-0.2, -0.15) is 4.98 Å². The van der Waals surface area contributed by atoms with Crippen molar-refractivity contribution in [2.45, 2.75) is 46.1 Å². The van der Waals surface area contributed by atoms with Crippen LogP contribution in [0.2, 0.25) is 0 Å². The second kappa shape index (κ2) is 8.83. The van der Waals surface area contributed by atoms with Gasteiger partial charge in [0.1, 0.15) is 5.82 Å². The van der Waals surface area contributed by atoms with Crippen LogP contribution < -0.4 is 20.7 Å². The van der Waals surface area contributed by atoms with Crippen molar-refractivity contribution in [3.63, 3.8) is 0 Å². The first-order valence-electron chi connectivity index (χ1n) is 10.6. The summed E-state index contributed by atoms with van der Waals surface area (Å²) < 4.78 is 7.58. The van der Waals surface area contributed by atoms with Crippen LogP contribution in [-0.4, -0.2) is 56.8 Å². The molecular formula is C21H30N8O. The summed E-state index contributed by atoms with van der Waals surface area (Å²) >= 11 is 0. The van der Waals surface area contributed by atoms with Crippen molar-refractivity contribution < 1.29 is 4.74 Å². The highest BCUT2D eigenvalue weighted by Gasteiger charge is 2.16. The van der Waals surface area contributed by atoms with Crippen LogP contribution in [0.15, 0.2) is 18.5 Å². The van der Waals surface area contributed by atoms with Gasteiger partial charge in [0, 0.05) is 38.8 Å². The molecule has 1 saturated heterocycles. The number of aryl methyl sites for hydroxylation is 1. The number of ether oxygens (including phenoxy) is 1. The zero-order valence-corrected chi connectivity index (χ0v) is 17.9. The number of hydrogen-bond donors (Lipinski definition) is 2. The van der Waals surface area contributed by atoms with Gasteiger partial charge in [-0.25, -0.2) is 14.5 Å². The number of rotatable bonds is 7. The fourth-order valence-corrected chi connectivity index (χ4v) is 3.88. The van der Waals surface area contributed by atoms with Crippen LogP contribution in [0, 0.1) is 6.92 Å². The lowest BCUT2D eigenvalue weighted by Gasteiger charge is -2.29. The Balaban J connectivity index is 1.57. The van der Waals surface area contributed by atoms with E-state index in [2.05, 4.69) is 45.2 Å². The van der Waals surface area contributed by atoms with Crippen molar-refractivity contribution in [2.75, 3.05) is 36.8 Å². The third-order valence-corrected chi connectivity index (χ3v) is 5.35. The van der Waals surface area contributed by atoms with E-state index < -0.39 is 0 Å². The second-order valence-electron chi connectivity index (χ2n) is 7.88. The minimum absolute atomic E-state index is 0.0307. The van der Waals surface area contributed by atoms with E-state index in [-0.39, 0.29) is 12.1 Å². The number of imidazole rings is 1. The van der Waals surface area contributed by atoms with Crippen LogP contribution in [0.25, 0.3) is 5.65 Å². The summed E-state index contributed by atoms with van der Waals surface area (Å²) in [7, 11) is 0. The Morgan fingerprint density at radius 2 is 2.03 bits per heavy atom. The normalized spacial score (nSPS) is 15.5. The number of aromatic nitrogens is 5. The topological polar surface area (TPSA) is 106 Å². The fourth-order valence-electron chi connectivity index (χ4n) is 3.88. The van der Waals surface area contributed by atoms with Gasteiger partial charge in [-0.05, 0) is 31.4 Å². The zero-order chi connectivity index (χ0) is 21.1. The van der Waals surface area contributed by atoms with Gasteiger partial charge in [0.2, 0.25) is 0 Å². The van der Waals surface area contributed by atoms with Gasteiger partial charge in [-0.3, -0.25) is 0 Å². The number of pyridine rings is 1. The Bertz CT molecular complexity index is 1010. The van der Waals surface area contributed by atoms with Crippen LogP contribution >= 0.6 is 0 Å². The lowest BCUT2D eigenvalue weighted by Crippen LogP contribution is -2.44. The highest BCUT2D eigenvalue weighted by atomic mass is 16.5. The van der Waals surface area contributed by atoms with Crippen molar-refractivity contribution in [1.82, 2.24) is 29.9 Å². The standard InChI is InChI=1S/C21H30N8O/c1-4-5-15(3)30-21-26-18(22)20-25-13-17(29(20)27-21)11-16-10-14(2)19(24-12-16)28-8-6-23-7-9-28/h10,12-13,15,23H,4-9,11H2,1-3H3,(H2,22,26,27). The second-order valence-corrected chi connectivity index (χ2v) is 7.88. The summed E-state index contributed by atoms with van der Waals surface area (Å²) in [6.07, 6.45) is 6.38. The SMILES string of the molecule is CCCC(C)Oc1nc(N)c2ncc(Cc3cnc(N4CCNCC4)c(C)c3)n2n1. The Morgan fingerprint density at radius 3 is 2.77 bits per heavy atom. The van der Waals surface area contributed by atoms with E-state index in [1.165, 1.54) is 5.56 Å². The Morgan fingerprint density at radius 1 is 1.23 bits per heavy atom. The average Bonchev–Trinajstić information content (AvgIpc) is 3.12. The fraction of sp³-hybridized carbons (Fsp3) is 0.524. The smallest absolute Gasteiger partial charge is 0.336 e. The molecule has 1 atom stereocenters. The van der Waals surface area contributed by atoms with Gasteiger partial charge in [0.25, 0.3) is 0 Å². The van der Waals surface area contributed by atoms with Crippen molar-refractivity contribution >= 4 is 17.3 Å². The van der Waals surface area contributed by atoms with Gasteiger partial charge >= 0.3 is 6.01 Å². The molecule has 0 bridgehead atoms. The number of nitrogens with two attached hydrogens (primary N) is 1. The molecule has 30 heavy (non-hydrogen) atoms. The van der Waals surface area contributed by atoms with Crippen LogP contribution in [-0.2, 0) is 6.42 Å². The van der Waals surface area contributed by atoms with Crippen molar-refractivity contribution in [3.8, 4) is 6.01 Å². The number of fused-ring (bicyclic) bond motifs is 1. The number of piperazine rings is 1. The summed E-state index contributed by atoms with van der Waals surface area (Å²) in [5, 5.41) is 7.91. The number of hydrogen-bond acceptors (Lipinski definition) is 8. The molecule has 1 aliphatic rings. The van der Waals surface area contributed by atoms with Gasteiger partial charge in [-0.15, -0.1) is 5.10 Å². The number of anilines is 2. The van der Waals surface area contributed by atoms with E-state index in [1.54, 1.807) is 10.7 Å². The average molecular weight is 411 g/mol. The van der Waals surface area contributed by atoms with E-state index in [4.69, 9.17) is 15.5 Å². The molecule has 1 unspecified atom stereocenters. The van der Waals surface area contributed by atoms with Crippen molar-refractivity contribution in [3.05, 3.63) is 35.3 Å². The van der Waals surface area contributed by atoms with Crippen molar-refractivity contribution in [1.29, 1.82) is 0 Å². The van der Waals surface area contributed by atoms with E-state index >= 15 is 0 Å². The molecule has 0 aliphatic carbocycles. The molecule has 9 heteroatoms. The van der Waals surface area contributed by atoms with Crippen molar-refractivity contribution in [2.24, 2.45) is 0 Å². The molecule has 0 amide bonds. The minimum atomic E-state index is 0.0307. The third-order valence-electron chi connectivity index (χ3n) is 5.35. The zero-order valence-electron chi connectivity index (χ0n) is 17.9. The highest BCUT2D eigenvalue weighted by Crippen LogP contribution is 2.22. The quantitative estimate of drug-likeness (QED) is 0.609. The van der Waals surface area contributed by atoms with Crippen LogP contribution in [0.5, 0.6) is 6.01 Å².